The quantitative estimate of drug-likeness (QED) is 0.579. The van der Waals surface area contributed by atoms with Crippen LogP contribution in [-0.2, 0) is 0 Å². The van der Waals surface area contributed by atoms with Crippen molar-refractivity contribution in [1.82, 2.24) is 0 Å². The van der Waals surface area contributed by atoms with Crippen molar-refractivity contribution >= 4 is 34.3 Å². The number of aryl methyl sites for hydroxylation is 3. The van der Waals surface area contributed by atoms with Crippen molar-refractivity contribution in [2.75, 3.05) is 0 Å². The first-order valence-corrected chi connectivity index (χ1v) is 5.50. The van der Waals surface area contributed by atoms with Crippen LogP contribution in [0.25, 0.3) is 21.9 Å². The first-order valence-electron chi connectivity index (χ1n) is 5.50. The lowest BCUT2D eigenvalue weighted by Crippen LogP contribution is -1.98. The Morgan fingerprint density at radius 3 is 2.39 bits per heavy atom. The Bertz CT molecular complexity index is 796. The second-order valence-corrected chi connectivity index (χ2v) is 4.40. The van der Waals surface area contributed by atoms with Gasteiger partial charge in [0, 0.05) is 22.4 Å². The summed E-state index contributed by atoms with van der Waals surface area (Å²) in [5.41, 5.74) is 2.91. The van der Waals surface area contributed by atoms with Crippen LogP contribution in [0.2, 0.25) is 0 Å². The maximum Gasteiger partial charge on any atom is 0.336 e. The molecule has 0 saturated carbocycles. The molecule has 2 heterocycles. The SMILES string of the molecule is Cc1cc2cc3c(C)cc(=O)oc3c(C)c2o1.Cl. The molecule has 0 spiro atoms. The van der Waals surface area contributed by atoms with Gasteiger partial charge in [0.05, 0.1) is 0 Å². The van der Waals surface area contributed by atoms with E-state index in [-0.39, 0.29) is 18.0 Å². The highest BCUT2D eigenvalue weighted by atomic mass is 35.5. The molecule has 3 rings (SSSR count). The minimum Gasteiger partial charge on any atom is -0.461 e. The minimum absolute atomic E-state index is 0. The predicted octanol–water partition coefficient (Wildman–Crippen LogP) is 3.89. The Balaban J connectivity index is 0.00000120. The van der Waals surface area contributed by atoms with Gasteiger partial charge >= 0.3 is 5.63 Å². The van der Waals surface area contributed by atoms with Crippen molar-refractivity contribution in [3.63, 3.8) is 0 Å². The molecule has 1 aromatic carbocycles. The molecule has 2 aromatic heterocycles. The maximum atomic E-state index is 11.4. The highest BCUT2D eigenvalue weighted by Crippen LogP contribution is 2.30. The van der Waals surface area contributed by atoms with Gasteiger partial charge in [-0.15, -0.1) is 12.4 Å². The first kappa shape index (κ1) is 12.7. The topological polar surface area (TPSA) is 43.4 Å². The van der Waals surface area contributed by atoms with Gasteiger partial charge < -0.3 is 8.83 Å². The van der Waals surface area contributed by atoms with Crippen molar-refractivity contribution in [2.45, 2.75) is 20.8 Å². The summed E-state index contributed by atoms with van der Waals surface area (Å²) < 4.78 is 10.9. The zero-order chi connectivity index (χ0) is 12.2. The van der Waals surface area contributed by atoms with Crippen LogP contribution in [0, 0.1) is 20.8 Å². The second-order valence-electron chi connectivity index (χ2n) is 4.40. The van der Waals surface area contributed by atoms with Crippen molar-refractivity contribution in [3.05, 3.63) is 45.5 Å². The summed E-state index contributed by atoms with van der Waals surface area (Å²) in [6.07, 6.45) is 0. The summed E-state index contributed by atoms with van der Waals surface area (Å²) >= 11 is 0. The molecule has 3 aromatic rings. The molecule has 18 heavy (non-hydrogen) atoms. The van der Waals surface area contributed by atoms with E-state index < -0.39 is 0 Å². The van der Waals surface area contributed by atoms with E-state index in [0.29, 0.717) is 5.58 Å². The number of benzene rings is 1. The van der Waals surface area contributed by atoms with E-state index in [1.54, 1.807) is 0 Å². The molecule has 0 atom stereocenters. The predicted molar refractivity (Wildman–Crippen MR) is 73.7 cm³/mol. The van der Waals surface area contributed by atoms with Crippen LogP contribution in [0.15, 0.2) is 31.8 Å². The first-order chi connectivity index (χ1) is 8.06. The molecule has 0 radical (unpaired) electrons. The summed E-state index contributed by atoms with van der Waals surface area (Å²) in [7, 11) is 0. The molecular weight excluding hydrogens is 252 g/mol. The van der Waals surface area contributed by atoms with Crippen molar-refractivity contribution in [2.24, 2.45) is 0 Å². The molecule has 3 nitrogen and oxygen atoms in total. The van der Waals surface area contributed by atoms with E-state index in [1.807, 2.05) is 32.9 Å². The van der Waals surface area contributed by atoms with Gasteiger partial charge in [0.2, 0.25) is 0 Å². The number of hydrogen-bond donors (Lipinski definition) is 0. The summed E-state index contributed by atoms with van der Waals surface area (Å²) in [5, 5.41) is 2.01. The van der Waals surface area contributed by atoms with Crippen LogP contribution >= 0.6 is 12.4 Å². The number of furan rings is 1. The monoisotopic (exact) mass is 264 g/mol. The van der Waals surface area contributed by atoms with E-state index in [1.165, 1.54) is 6.07 Å². The van der Waals surface area contributed by atoms with Crippen molar-refractivity contribution in [3.8, 4) is 0 Å². The molecule has 0 aliphatic rings. The Labute approximate surface area is 110 Å². The zero-order valence-electron chi connectivity index (χ0n) is 10.4. The van der Waals surface area contributed by atoms with Crippen molar-refractivity contribution in [1.29, 1.82) is 0 Å². The molecular formula is C14H13ClO3. The van der Waals surface area contributed by atoms with Gasteiger partial charge in [0.25, 0.3) is 0 Å². The van der Waals surface area contributed by atoms with E-state index in [0.717, 1.165) is 33.2 Å². The number of halogens is 1. The Hall–Kier alpha value is -1.74. The third-order valence-corrected chi connectivity index (χ3v) is 3.07. The highest BCUT2D eigenvalue weighted by molar-refractivity contribution is 5.98. The number of rotatable bonds is 0. The van der Waals surface area contributed by atoms with Gasteiger partial charge in [-0.2, -0.15) is 0 Å². The molecule has 0 fully saturated rings. The standard InChI is InChI=1S/C14H12O3.ClH/c1-7-4-12(15)17-14-9(3)13-10(6-11(7)14)5-8(2)16-13;/h4-6H,1-3H3;1H. The fourth-order valence-electron chi connectivity index (χ4n) is 2.27. The third kappa shape index (κ3) is 1.71. The Morgan fingerprint density at radius 2 is 1.67 bits per heavy atom. The van der Waals surface area contributed by atoms with Crippen molar-refractivity contribution < 1.29 is 8.83 Å². The average molecular weight is 265 g/mol. The molecule has 0 aliphatic heterocycles. The fraction of sp³-hybridized carbons (Fsp3) is 0.214. The van der Waals surface area contributed by atoms with E-state index in [4.69, 9.17) is 8.83 Å². The van der Waals surface area contributed by atoms with Gasteiger partial charge in [0.15, 0.2) is 0 Å². The third-order valence-electron chi connectivity index (χ3n) is 3.07. The Morgan fingerprint density at radius 1 is 0.944 bits per heavy atom. The maximum absolute atomic E-state index is 11.4. The highest BCUT2D eigenvalue weighted by Gasteiger charge is 2.12. The van der Waals surface area contributed by atoms with Crippen LogP contribution < -0.4 is 5.63 Å². The van der Waals surface area contributed by atoms with Gasteiger partial charge in [-0.05, 0) is 38.5 Å². The summed E-state index contributed by atoms with van der Waals surface area (Å²) in [5.74, 6) is 0.860. The molecule has 0 saturated heterocycles. The molecule has 0 bridgehead atoms. The van der Waals surface area contributed by atoms with Gasteiger partial charge in [-0.25, -0.2) is 4.79 Å². The van der Waals surface area contributed by atoms with Crippen LogP contribution in [0.1, 0.15) is 16.9 Å². The summed E-state index contributed by atoms with van der Waals surface area (Å²) in [4.78, 5) is 11.4. The van der Waals surface area contributed by atoms with E-state index >= 15 is 0 Å². The van der Waals surface area contributed by atoms with Crippen LogP contribution in [0.3, 0.4) is 0 Å². The zero-order valence-corrected chi connectivity index (χ0v) is 11.2. The summed E-state index contributed by atoms with van der Waals surface area (Å²) in [6, 6.07) is 5.51. The molecule has 0 amide bonds. The van der Waals surface area contributed by atoms with Gasteiger partial charge in [0.1, 0.15) is 16.9 Å². The van der Waals surface area contributed by atoms with Crippen LogP contribution in [0.5, 0.6) is 0 Å². The lowest BCUT2D eigenvalue weighted by Gasteiger charge is -2.03. The molecule has 94 valence electrons. The summed E-state index contributed by atoms with van der Waals surface area (Å²) in [6.45, 7) is 5.74. The second kappa shape index (κ2) is 4.18. The molecule has 0 N–H and O–H groups in total. The fourth-order valence-corrected chi connectivity index (χ4v) is 2.27. The largest absolute Gasteiger partial charge is 0.461 e. The number of hydrogen-bond acceptors (Lipinski definition) is 3. The molecule has 0 unspecified atom stereocenters. The lowest BCUT2D eigenvalue weighted by molar-refractivity contribution is 0.551. The van der Waals surface area contributed by atoms with Crippen LogP contribution in [0.4, 0.5) is 0 Å². The lowest BCUT2D eigenvalue weighted by atomic mass is 10.1. The van der Waals surface area contributed by atoms with Crippen LogP contribution in [-0.4, -0.2) is 0 Å². The average Bonchev–Trinajstić information content (AvgIpc) is 2.62. The smallest absolute Gasteiger partial charge is 0.336 e. The normalized spacial score (nSPS) is 10.8. The number of fused-ring (bicyclic) bond motifs is 2. The van der Waals surface area contributed by atoms with Gasteiger partial charge in [-0.3, -0.25) is 0 Å². The minimum atomic E-state index is -0.319. The van der Waals surface area contributed by atoms with E-state index in [9.17, 15) is 4.79 Å². The molecule has 0 aliphatic carbocycles. The Kier molecular flexibility index (Phi) is 2.95. The van der Waals surface area contributed by atoms with E-state index in [2.05, 4.69) is 0 Å². The molecule has 4 heteroatoms. The van der Waals surface area contributed by atoms with Gasteiger partial charge in [-0.1, -0.05) is 0 Å².